The maximum atomic E-state index is 9.28. The first kappa shape index (κ1) is 16.3. The molecule has 1 aromatic carbocycles. The first-order valence-electron chi connectivity index (χ1n) is 6.89. The Morgan fingerprint density at radius 1 is 1.38 bits per heavy atom. The maximum absolute atomic E-state index is 9.28. The molecule has 3 nitrogen and oxygen atoms in total. The van der Waals surface area contributed by atoms with Crippen molar-refractivity contribution in [2.45, 2.75) is 25.4 Å². The first-order chi connectivity index (χ1) is 10.2. The van der Waals surface area contributed by atoms with Gasteiger partial charge in [0.2, 0.25) is 0 Å². The molecule has 114 valence electrons. The highest BCUT2D eigenvalue weighted by Gasteiger charge is 2.18. The average molecular weight is 326 g/mol. The van der Waals surface area contributed by atoms with Gasteiger partial charge >= 0.3 is 0 Å². The van der Waals surface area contributed by atoms with E-state index in [1.165, 1.54) is 4.88 Å². The Kier molecular flexibility index (Phi) is 6.06. The minimum Gasteiger partial charge on any atom is -0.496 e. The Morgan fingerprint density at radius 2 is 2.19 bits per heavy atom. The molecule has 2 N–H and O–H groups in total. The molecule has 2 rings (SSSR count). The predicted molar refractivity (Wildman–Crippen MR) is 88.3 cm³/mol. The van der Waals surface area contributed by atoms with E-state index in [9.17, 15) is 5.11 Å². The summed E-state index contributed by atoms with van der Waals surface area (Å²) in [5.41, 5.74) is 1.02. The molecule has 0 fully saturated rings. The summed E-state index contributed by atoms with van der Waals surface area (Å²) in [6, 6.07) is 9.91. The Hall–Kier alpha value is -1.07. The number of aliphatic hydroxyl groups is 1. The van der Waals surface area contributed by atoms with Gasteiger partial charge in [-0.1, -0.05) is 17.7 Å². The van der Waals surface area contributed by atoms with Gasteiger partial charge < -0.3 is 15.2 Å². The largest absolute Gasteiger partial charge is 0.496 e. The van der Waals surface area contributed by atoms with E-state index in [1.807, 2.05) is 29.6 Å². The number of benzene rings is 1. The Bertz CT molecular complexity index is 559. The highest BCUT2D eigenvalue weighted by Crippen LogP contribution is 2.31. The van der Waals surface area contributed by atoms with Gasteiger partial charge in [-0.25, -0.2) is 0 Å². The summed E-state index contributed by atoms with van der Waals surface area (Å²) in [5.74, 6) is 0.813. The number of halogens is 1. The van der Waals surface area contributed by atoms with Gasteiger partial charge in [0.25, 0.3) is 0 Å². The van der Waals surface area contributed by atoms with Gasteiger partial charge in [-0.3, -0.25) is 0 Å². The van der Waals surface area contributed by atoms with Crippen molar-refractivity contribution < 1.29 is 9.84 Å². The van der Waals surface area contributed by atoms with Gasteiger partial charge in [0.15, 0.2) is 0 Å². The van der Waals surface area contributed by atoms with E-state index in [1.54, 1.807) is 18.4 Å². The van der Waals surface area contributed by atoms with Gasteiger partial charge in [-0.2, -0.15) is 0 Å². The predicted octanol–water partition coefficient (Wildman–Crippen LogP) is 4.18. The highest BCUT2D eigenvalue weighted by molar-refractivity contribution is 7.10. The molecule has 0 radical (unpaired) electrons. The van der Waals surface area contributed by atoms with Crippen LogP contribution in [0.1, 0.15) is 35.9 Å². The van der Waals surface area contributed by atoms with Crippen molar-refractivity contribution in [3.63, 3.8) is 0 Å². The molecule has 0 amide bonds. The standard InChI is InChI=1S/C16H20ClNO2S/c1-11(13-10-12(17)5-6-15(13)20-2)18-14(7-8-19)16-4-3-9-21-16/h3-6,9-11,14,18-19H,7-8H2,1-2H3/t11-,14-/m0/s1. The molecular formula is C16H20ClNO2S. The van der Waals surface area contributed by atoms with Crippen LogP contribution >= 0.6 is 22.9 Å². The monoisotopic (exact) mass is 325 g/mol. The van der Waals surface area contributed by atoms with E-state index >= 15 is 0 Å². The van der Waals surface area contributed by atoms with Crippen molar-refractivity contribution in [3.05, 3.63) is 51.2 Å². The zero-order chi connectivity index (χ0) is 15.2. The van der Waals surface area contributed by atoms with Gasteiger partial charge in [-0.05, 0) is 43.0 Å². The molecule has 21 heavy (non-hydrogen) atoms. The molecular weight excluding hydrogens is 306 g/mol. The molecule has 2 atom stereocenters. The lowest BCUT2D eigenvalue weighted by Crippen LogP contribution is -2.25. The van der Waals surface area contributed by atoms with Crippen LogP contribution in [0.5, 0.6) is 5.75 Å². The summed E-state index contributed by atoms with van der Waals surface area (Å²) in [7, 11) is 1.66. The lowest BCUT2D eigenvalue weighted by atomic mass is 10.0. The summed E-state index contributed by atoms with van der Waals surface area (Å²) in [5, 5.41) is 15.6. The van der Waals surface area contributed by atoms with Crippen LogP contribution in [0.25, 0.3) is 0 Å². The molecule has 0 saturated heterocycles. The third kappa shape index (κ3) is 4.20. The van der Waals surface area contributed by atoms with E-state index < -0.39 is 0 Å². The fourth-order valence-corrected chi connectivity index (χ4v) is 3.36. The van der Waals surface area contributed by atoms with E-state index in [2.05, 4.69) is 18.3 Å². The summed E-state index contributed by atoms with van der Waals surface area (Å²) in [6.07, 6.45) is 0.674. The van der Waals surface area contributed by atoms with E-state index in [0.717, 1.165) is 11.3 Å². The summed E-state index contributed by atoms with van der Waals surface area (Å²) < 4.78 is 5.41. The van der Waals surface area contributed by atoms with E-state index in [-0.39, 0.29) is 18.7 Å². The minimum atomic E-state index is 0.0669. The van der Waals surface area contributed by atoms with Gasteiger partial charge in [0.05, 0.1) is 7.11 Å². The van der Waals surface area contributed by atoms with Crippen LogP contribution in [-0.4, -0.2) is 18.8 Å². The van der Waals surface area contributed by atoms with Crippen molar-refractivity contribution in [1.82, 2.24) is 5.32 Å². The summed E-state index contributed by atoms with van der Waals surface area (Å²) in [6.45, 7) is 2.22. The fraction of sp³-hybridized carbons (Fsp3) is 0.375. The molecule has 2 aromatic rings. The normalized spacial score (nSPS) is 13.9. The summed E-state index contributed by atoms with van der Waals surface area (Å²) in [4.78, 5) is 1.22. The number of ether oxygens (including phenoxy) is 1. The SMILES string of the molecule is COc1ccc(Cl)cc1[C@H](C)N[C@@H](CCO)c1cccs1. The molecule has 0 spiro atoms. The molecule has 0 aliphatic heterocycles. The van der Waals surface area contributed by atoms with Crippen LogP contribution in [0.3, 0.4) is 0 Å². The molecule has 0 aliphatic rings. The van der Waals surface area contributed by atoms with Crippen molar-refractivity contribution >= 4 is 22.9 Å². The first-order valence-corrected chi connectivity index (χ1v) is 8.15. The van der Waals surface area contributed by atoms with Crippen molar-refractivity contribution in [2.75, 3.05) is 13.7 Å². The minimum absolute atomic E-state index is 0.0669. The topological polar surface area (TPSA) is 41.5 Å². The third-order valence-corrected chi connectivity index (χ3v) is 4.63. The number of hydrogen-bond acceptors (Lipinski definition) is 4. The number of methoxy groups -OCH3 is 1. The van der Waals surface area contributed by atoms with E-state index in [0.29, 0.717) is 11.4 Å². The van der Waals surface area contributed by atoms with Gasteiger partial charge in [0, 0.05) is 34.2 Å². The van der Waals surface area contributed by atoms with Gasteiger partial charge in [-0.15, -0.1) is 11.3 Å². The van der Waals surface area contributed by atoms with Crippen LogP contribution in [0, 0.1) is 0 Å². The lowest BCUT2D eigenvalue weighted by molar-refractivity contribution is 0.261. The quantitative estimate of drug-likeness (QED) is 0.802. The zero-order valence-electron chi connectivity index (χ0n) is 12.2. The number of aliphatic hydroxyl groups excluding tert-OH is 1. The van der Waals surface area contributed by atoms with Crippen molar-refractivity contribution in [1.29, 1.82) is 0 Å². The number of thiophene rings is 1. The number of rotatable bonds is 7. The molecule has 1 aromatic heterocycles. The molecule has 1 heterocycles. The second-order valence-electron chi connectivity index (χ2n) is 4.85. The van der Waals surface area contributed by atoms with Crippen LogP contribution in [0.4, 0.5) is 0 Å². The Morgan fingerprint density at radius 3 is 2.81 bits per heavy atom. The van der Waals surface area contributed by atoms with Crippen LogP contribution in [0.15, 0.2) is 35.7 Å². The zero-order valence-corrected chi connectivity index (χ0v) is 13.7. The second kappa shape index (κ2) is 7.80. The smallest absolute Gasteiger partial charge is 0.123 e. The molecule has 0 unspecified atom stereocenters. The van der Waals surface area contributed by atoms with Crippen molar-refractivity contribution in [3.8, 4) is 5.75 Å². The second-order valence-corrected chi connectivity index (χ2v) is 6.27. The molecule has 0 saturated carbocycles. The maximum Gasteiger partial charge on any atom is 0.123 e. The number of hydrogen-bond donors (Lipinski definition) is 2. The van der Waals surface area contributed by atoms with Crippen LogP contribution < -0.4 is 10.1 Å². The average Bonchev–Trinajstić information content (AvgIpc) is 3.00. The third-order valence-electron chi connectivity index (χ3n) is 3.41. The van der Waals surface area contributed by atoms with Crippen LogP contribution in [0.2, 0.25) is 5.02 Å². The Balaban J connectivity index is 2.19. The van der Waals surface area contributed by atoms with Gasteiger partial charge in [0.1, 0.15) is 5.75 Å². The van der Waals surface area contributed by atoms with Crippen molar-refractivity contribution in [2.24, 2.45) is 0 Å². The fourth-order valence-electron chi connectivity index (χ4n) is 2.36. The summed E-state index contributed by atoms with van der Waals surface area (Å²) >= 11 is 7.78. The van der Waals surface area contributed by atoms with E-state index in [4.69, 9.17) is 16.3 Å². The molecule has 5 heteroatoms. The van der Waals surface area contributed by atoms with Crippen LogP contribution in [-0.2, 0) is 0 Å². The Labute approximate surface area is 134 Å². The highest BCUT2D eigenvalue weighted by atomic mass is 35.5. The molecule has 0 bridgehead atoms. The lowest BCUT2D eigenvalue weighted by Gasteiger charge is -2.24. The number of nitrogens with one attached hydrogen (secondary N) is 1. The molecule has 0 aliphatic carbocycles.